The number of pyridine rings is 1. The number of rotatable bonds is 4. The van der Waals surface area contributed by atoms with Crippen LogP contribution in [0.25, 0.3) is 21.8 Å². The van der Waals surface area contributed by atoms with Gasteiger partial charge in [0.05, 0.1) is 11.3 Å². The first-order chi connectivity index (χ1) is 14.7. The molecule has 0 bridgehead atoms. The zero-order chi connectivity index (χ0) is 20.5. The van der Waals surface area contributed by atoms with Crippen molar-refractivity contribution >= 4 is 11.3 Å². The SMILES string of the molecule is Cc1cccc(-c2ccc(CN3CCc4nc(-c5ccncc5)[nH]c(=O)c4C3)s2)c1. The van der Waals surface area contributed by atoms with Crippen LogP contribution in [0.15, 0.2) is 65.7 Å². The van der Waals surface area contributed by atoms with Crippen molar-refractivity contribution in [1.82, 2.24) is 19.9 Å². The van der Waals surface area contributed by atoms with Crippen molar-refractivity contribution in [3.05, 3.63) is 93.0 Å². The second kappa shape index (κ2) is 7.97. The van der Waals surface area contributed by atoms with Gasteiger partial charge in [0, 0.05) is 53.8 Å². The lowest BCUT2D eigenvalue weighted by Gasteiger charge is -2.27. The minimum absolute atomic E-state index is 0.0388. The van der Waals surface area contributed by atoms with Crippen molar-refractivity contribution in [2.24, 2.45) is 0 Å². The summed E-state index contributed by atoms with van der Waals surface area (Å²) in [4.78, 5) is 29.4. The number of aromatic nitrogens is 3. The van der Waals surface area contributed by atoms with E-state index < -0.39 is 0 Å². The quantitative estimate of drug-likeness (QED) is 0.537. The second-order valence-corrected chi connectivity index (χ2v) is 8.84. The Kier molecular flexibility index (Phi) is 5.02. The molecule has 1 aromatic carbocycles. The van der Waals surface area contributed by atoms with Crippen molar-refractivity contribution in [3.8, 4) is 21.8 Å². The third kappa shape index (κ3) is 3.84. The maximum atomic E-state index is 12.7. The maximum absolute atomic E-state index is 12.7. The number of hydrogen-bond acceptors (Lipinski definition) is 5. The Hall–Kier alpha value is -3.09. The summed E-state index contributed by atoms with van der Waals surface area (Å²) in [7, 11) is 0. The van der Waals surface area contributed by atoms with E-state index in [0.717, 1.165) is 36.3 Å². The number of H-pyrrole nitrogens is 1. The van der Waals surface area contributed by atoms with E-state index in [0.29, 0.717) is 12.4 Å². The van der Waals surface area contributed by atoms with Crippen LogP contribution in [0.3, 0.4) is 0 Å². The molecule has 0 radical (unpaired) electrons. The summed E-state index contributed by atoms with van der Waals surface area (Å²) in [6.07, 6.45) is 4.21. The van der Waals surface area contributed by atoms with Crippen LogP contribution < -0.4 is 5.56 Å². The normalized spacial score (nSPS) is 13.9. The molecule has 4 heterocycles. The van der Waals surface area contributed by atoms with E-state index in [2.05, 4.69) is 58.2 Å². The second-order valence-electron chi connectivity index (χ2n) is 7.67. The van der Waals surface area contributed by atoms with E-state index in [-0.39, 0.29) is 5.56 Å². The third-order valence-electron chi connectivity index (χ3n) is 5.45. The molecule has 0 saturated heterocycles. The molecular weight excluding hydrogens is 392 g/mol. The topological polar surface area (TPSA) is 61.9 Å². The van der Waals surface area contributed by atoms with Gasteiger partial charge in [-0.1, -0.05) is 29.8 Å². The van der Waals surface area contributed by atoms with Crippen molar-refractivity contribution in [2.45, 2.75) is 26.4 Å². The number of nitrogens with zero attached hydrogens (tertiary/aromatic N) is 3. The van der Waals surface area contributed by atoms with Gasteiger partial charge in [0.1, 0.15) is 5.82 Å². The number of nitrogens with one attached hydrogen (secondary N) is 1. The van der Waals surface area contributed by atoms with E-state index >= 15 is 0 Å². The Labute approximate surface area is 179 Å². The summed E-state index contributed by atoms with van der Waals surface area (Å²) in [5.74, 6) is 0.621. The average Bonchev–Trinajstić information content (AvgIpc) is 3.23. The molecule has 150 valence electrons. The van der Waals surface area contributed by atoms with Gasteiger partial charge in [-0.3, -0.25) is 14.7 Å². The fourth-order valence-electron chi connectivity index (χ4n) is 3.90. The lowest BCUT2D eigenvalue weighted by Crippen LogP contribution is -2.35. The first-order valence-corrected chi connectivity index (χ1v) is 10.9. The number of fused-ring (bicyclic) bond motifs is 1. The zero-order valence-corrected chi connectivity index (χ0v) is 17.6. The molecule has 1 aliphatic heterocycles. The number of aryl methyl sites for hydroxylation is 1. The standard InChI is InChI=1S/C24H22N4OS/c1-16-3-2-4-18(13-16)22-6-5-19(30-22)14-28-12-9-21-20(15-28)24(29)27-23(26-21)17-7-10-25-11-8-17/h2-8,10-11,13H,9,12,14-15H2,1H3,(H,26,27,29). The van der Waals surface area contributed by atoms with E-state index in [1.165, 1.54) is 20.9 Å². The summed E-state index contributed by atoms with van der Waals surface area (Å²) in [6.45, 7) is 4.50. The molecule has 0 spiro atoms. The van der Waals surface area contributed by atoms with Gasteiger partial charge >= 0.3 is 0 Å². The summed E-state index contributed by atoms with van der Waals surface area (Å²) in [5.41, 5.74) is 5.08. The van der Waals surface area contributed by atoms with Crippen LogP contribution in [-0.4, -0.2) is 26.4 Å². The molecule has 4 aromatic rings. The van der Waals surface area contributed by atoms with Crippen LogP contribution in [-0.2, 0) is 19.5 Å². The Morgan fingerprint density at radius 1 is 1.10 bits per heavy atom. The van der Waals surface area contributed by atoms with Gasteiger partial charge in [-0.2, -0.15) is 0 Å². The van der Waals surface area contributed by atoms with Crippen LogP contribution >= 0.6 is 11.3 Å². The molecule has 0 unspecified atom stereocenters. The molecule has 5 rings (SSSR count). The molecule has 0 fully saturated rings. The number of hydrogen-bond donors (Lipinski definition) is 1. The summed E-state index contributed by atoms with van der Waals surface area (Å²) in [5, 5.41) is 0. The molecule has 5 nitrogen and oxygen atoms in total. The van der Waals surface area contributed by atoms with Gasteiger partial charge in [0.2, 0.25) is 0 Å². The first kappa shape index (κ1) is 18.9. The highest BCUT2D eigenvalue weighted by Gasteiger charge is 2.22. The summed E-state index contributed by atoms with van der Waals surface area (Å²) in [6, 6.07) is 16.7. The number of aromatic amines is 1. The third-order valence-corrected chi connectivity index (χ3v) is 6.56. The molecule has 1 aliphatic rings. The lowest BCUT2D eigenvalue weighted by molar-refractivity contribution is 0.244. The van der Waals surface area contributed by atoms with E-state index in [9.17, 15) is 4.79 Å². The van der Waals surface area contributed by atoms with E-state index in [1.807, 2.05) is 23.5 Å². The Morgan fingerprint density at radius 2 is 1.97 bits per heavy atom. The molecule has 0 saturated carbocycles. The lowest BCUT2D eigenvalue weighted by atomic mass is 10.1. The van der Waals surface area contributed by atoms with Crippen molar-refractivity contribution in [1.29, 1.82) is 0 Å². The zero-order valence-electron chi connectivity index (χ0n) is 16.8. The maximum Gasteiger partial charge on any atom is 0.255 e. The van der Waals surface area contributed by atoms with Crippen molar-refractivity contribution in [2.75, 3.05) is 6.54 Å². The highest BCUT2D eigenvalue weighted by atomic mass is 32.1. The highest BCUT2D eigenvalue weighted by Crippen LogP contribution is 2.30. The molecule has 30 heavy (non-hydrogen) atoms. The number of benzene rings is 1. The minimum atomic E-state index is -0.0388. The molecule has 0 amide bonds. The largest absolute Gasteiger partial charge is 0.306 e. The van der Waals surface area contributed by atoms with Crippen LogP contribution in [0.4, 0.5) is 0 Å². The van der Waals surface area contributed by atoms with Gasteiger partial charge in [-0.05, 0) is 36.8 Å². The van der Waals surface area contributed by atoms with Gasteiger partial charge in [0.25, 0.3) is 5.56 Å². The molecule has 0 atom stereocenters. The van der Waals surface area contributed by atoms with Gasteiger partial charge in [0.15, 0.2) is 0 Å². The monoisotopic (exact) mass is 414 g/mol. The molecule has 0 aliphatic carbocycles. The predicted molar refractivity (Wildman–Crippen MR) is 120 cm³/mol. The summed E-state index contributed by atoms with van der Waals surface area (Å²) >= 11 is 1.82. The molecule has 3 aromatic heterocycles. The fraction of sp³-hybridized carbons (Fsp3) is 0.208. The fourth-order valence-corrected chi connectivity index (χ4v) is 4.95. The van der Waals surface area contributed by atoms with Crippen LogP contribution in [0, 0.1) is 6.92 Å². The average molecular weight is 415 g/mol. The Bertz CT molecular complexity index is 1250. The van der Waals surface area contributed by atoms with Gasteiger partial charge in [-0.25, -0.2) is 4.98 Å². The Balaban J connectivity index is 1.34. The first-order valence-electron chi connectivity index (χ1n) is 10.1. The van der Waals surface area contributed by atoms with Crippen LogP contribution in [0.5, 0.6) is 0 Å². The molecular formula is C24H22N4OS. The molecule has 1 N–H and O–H groups in total. The smallest absolute Gasteiger partial charge is 0.255 e. The van der Waals surface area contributed by atoms with Crippen molar-refractivity contribution in [3.63, 3.8) is 0 Å². The highest BCUT2D eigenvalue weighted by molar-refractivity contribution is 7.15. The predicted octanol–water partition coefficient (Wildman–Crippen LogP) is 4.43. The van der Waals surface area contributed by atoms with E-state index in [1.54, 1.807) is 12.4 Å². The minimum Gasteiger partial charge on any atom is -0.306 e. The van der Waals surface area contributed by atoms with Crippen molar-refractivity contribution < 1.29 is 0 Å². The van der Waals surface area contributed by atoms with Crippen LogP contribution in [0.1, 0.15) is 21.7 Å². The Morgan fingerprint density at radius 3 is 2.80 bits per heavy atom. The van der Waals surface area contributed by atoms with E-state index in [4.69, 9.17) is 4.98 Å². The van der Waals surface area contributed by atoms with Crippen LogP contribution in [0.2, 0.25) is 0 Å². The molecule has 6 heteroatoms. The van der Waals surface area contributed by atoms with Gasteiger partial charge in [-0.15, -0.1) is 11.3 Å². The summed E-state index contributed by atoms with van der Waals surface area (Å²) < 4.78 is 0. The number of thiophene rings is 1. The van der Waals surface area contributed by atoms with Gasteiger partial charge < -0.3 is 4.98 Å².